The number of amides is 2. The summed E-state index contributed by atoms with van der Waals surface area (Å²) < 4.78 is 5.17. The second-order valence-electron chi connectivity index (χ2n) is 6.49. The Bertz CT molecular complexity index is 720. The van der Waals surface area contributed by atoms with Crippen molar-refractivity contribution in [3.8, 4) is 0 Å². The lowest BCUT2D eigenvalue weighted by Crippen LogP contribution is -2.47. The van der Waals surface area contributed by atoms with Crippen LogP contribution in [0, 0.1) is 0 Å². The number of benzene rings is 2. The van der Waals surface area contributed by atoms with Gasteiger partial charge < -0.3 is 15.8 Å². The van der Waals surface area contributed by atoms with Crippen molar-refractivity contribution in [2.24, 2.45) is 5.73 Å². The Morgan fingerprint density at radius 1 is 1.13 bits per heavy atom. The Balaban J connectivity index is 2.11. The molecule has 0 aromatic heterocycles. The van der Waals surface area contributed by atoms with E-state index in [9.17, 15) is 9.59 Å². The number of rotatable bonds is 4. The Morgan fingerprint density at radius 2 is 1.78 bits per heavy atom. The fraction of sp³-hybridized carbons (Fsp3) is 0.333. The Kier molecular flexibility index (Phi) is 4.89. The maximum atomic E-state index is 11.8. The summed E-state index contributed by atoms with van der Waals surface area (Å²) >= 11 is 0. The number of hydrogen-bond donors (Lipinski definition) is 2. The average Bonchev–Trinajstić information content (AvgIpc) is 2.44. The molecule has 0 bridgehead atoms. The van der Waals surface area contributed by atoms with Crippen LogP contribution in [0.25, 0.3) is 10.8 Å². The van der Waals surface area contributed by atoms with Gasteiger partial charge in [-0.3, -0.25) is 4.79 Å². The van der Waals surface area contributed by atoms with Crippen LogP contribution < -0.4 is 11.1 Å². The van der Waals surface area contributed by atoms with Gasteiger partial charge in [0, 0.05) is 6.42 Å². The molecule has 23 heavy (non-hydrogen) atoms. The lowest BCUT2D eigenvalue weighted by Gasteiger charge is -2.22. The highest BCUT2D eigenvalue weighted by atomic mass is 16.6. The first-order valence-electron chi connectivity index (χ1n) is 7.51. The summed E-state index contributed by atoms with van der Waals surface area (Å²) in [6, 6.07) is 13.0. The molecule has 0 saturated heterocycles. The number of carbonyl (C=O) groups is 2. The highest BCUT2D eigenvalue weighted by molar-refractivity contribution is 5.86. The molecule has 0 spiro atoms. The summed E-state index contributed by atoms with van der Waals surface area (Å²) in [7, 11) is 0. The van der Waals surface area contributed by atoms with E-state index in [2.05, 4.69) is 5.32 Å². The second-order valence-corrected chi connectivity index (χ2v) is 6.49. The van der Waals surface area contributed by atoms with Crippen LogP contribution in [0.2, 0.25) is 0 Å². The van der Waals surface area contributed by atoms with Crippen molar-refractivity contribution in [1.29, 1.82) is 0 Å². The van der Waals surface area contributed by atoms with Crippen LogP contribution >= 0.6 is 0 Å². The molecular formula is C18H22N2O3. The van der Waals surface area contributed by atoms with Gasteiger partial charge in [-0.1, -0.05) is 42.5 Å². The maximum Gasteiger partial charge on any atom is 0.408 e. The average molecular weight is 314 g/mol. The van der Waals surface area contributed by atoms with Gasteiger partial charge in [0.15, 0.2) is 0 Å². The van der Waals surface area contributed by atoms with Crippen LogP contribution in [0.4, 0.5) is 4.79 Å². The van der Waals surface area contributed by atoms with Crippen LogP contribution in [0.15, 0.2) is 42.5 Å². The number of ether oxygens (including phenoxy) is 1. The zero-order valence-electron chi connectivity index (χ0n) is 13.6. The molecule has 5 heteroatoms. The van der Waals surface area contributed by atoms with E-state index in [1.165, 1.54) is 0 Å². The highest BCUT2D eigenvalue weighted by Gasteiger charge is 2.23. The first-order valence-corrected chi connectivity index (χ1v) is 7.51. The molecule has 0 aliphatic carbocycles. The lowest BCUT2D eigenvalue weighted by molar-refractivity contribution is -0.120. The van der Waals surface area contributed by atoms with Gasteiger partial charge >= 0.3 is 6.09 Å². The predicted molar refractivity (Wildman–Crippen MR) is 90.0 cm³/mol. The van der Waals surface area contributed by atoms with E-state index in [0.29, 0.717) is 6.42 Å². The van der Waals surface area contributed by atoms with Crippen molar-refractivity contribution in [3.63, 3.8) is 0 Å². The largest absolute Gasteiger partial charge is 0.444 e. The number of alkyl carbamates (subject to hydrolysis) is 1. The van der Waals surface area contributed by atoms with Crippen molar-refractivity contribution in [2.75, 3.05) is 0 Å². The number of primary amides is 1. The minimum Gasteiger partial charge on any atom is -0.444 e. The minimum absolute atomic E-state index is 0.319. The summed E-state index contributed by atoms with van der Waals surface area (Å²) in [5.74, 6) is -0.594. The molecule has 0 saturated carbocycles. The normalized spacial score (nSPS) is 12.7. The van der Waals surface area contributed by atoms with E-state index < -0.39 is 23.6 Å². The van der Waals surface area contributed by atoms with Crippen LogP contribution in [0.3, 0.4) is 0 Å². The quantitative estimate of drug-likeness (QED) is 0.910. The third-order valence-electron chi connectivity index (χ3n) is 3.29. The Morgan fingerprint density at radius 3 is 2.39 bits per heavy atom. The molecule has 2 amide bonds. The second kappa shape index (κ2) is 6.69. The Hall–Kier alpha value is -2.56. The van der Waals surface area contributed by atoms with Gasteiger partial charge in [0.2, 0.25) is 5.91 Å². The molecular weight excluding hydrogens is 292 g/mol. The van der Waals surface area contributed by atoms with Gasteiger partial charge in [0.05, 0.1) is 0 Å². The molecule has 0 radical (unpaired) electrons. The monoisotopic (exact) mass is 314 g/mol. The van der Waals surface area contributed by atoms with E-state index in [4.69, 9.17) is 10.5 Å². The first kappa shape index (κ1) is 16.8. The number of hydrogen-bond acceptors (Lipinski definition) is 3. The molecule has 0 unspecified atom stereocenters. The van der Waals surface area contributed by atoms with Crippen molar-refractivity contribution in [1.82, 2.24) is 5.32 Å². The van der Waals surface area contributed by atoms with Gasteiger partial charge in [-0.15, -0.1) is 0 Å². The lowest BCUT2D eigenvalue weighted by atomic mass is 10.0. The number of nitrogens with two attached hydrogens (primary N) is 1. The molecule has 5 nitrogen and oxygen atoms in total. The summed E-state index contributed by atoms with van der Waals surface area (Å²) in [6.07, 6.45) is -0.332. The highest BCUT2D eigenvalue weighted by Crippen LogP contribution is 2.17. The molecule has 2 aromatic carbocycles. The summed E-state index contributed by atoms with van der Waals surface area (Å²) in [5.41, 5.74) is 5.69. The van der Waals surface area contributed by atoms with Gasteiger partial charge in [0.1, 0.15) is 11.6 Å². The topological polar surface area (TPSA) is 81.4 Å². The van der Waals surface area contributed by atoms with Gasteiger partial charge in [0.25, 0.3) is 0 Å². The molecule has 2 rings (SSSR count). The fourth-order valence-electron chi connectivity index (χ4n) is 2.27. The molecule has 0 aliphatic rings. The van der Waals surface area contributed by atoms with E-state index in [0.717, 1.165) is 16.3 Å². The summed E-state index contributed by atoms with van der Waals surface area (Å²) in [4.78, 5) is 23.5. The number of carbonyl (C=O) groups excluding carboxylic acids is 2. The smallest absolute Gasteiger partial charge is 0.408 e. The van der Waals surface area contributed by atoms with Crippen LogP contribution in [-0.2, 0) is 16.0 Å². The molecule has 0 aliphatic heterocycles. The predicted octanol–water partition coefficient (Wildman–Crippen LogP) is 2.76. The van der Waals surface area contributed by atoms with Crippen molar-refractivity contribution >= 4 is 22.8 Å². The van der Waals surface area contributed by atoms with E-state index >= 15 is 0 Å². The molecule has 0 fully saturated rings. The molecule has 0 heterocycles. The summed E-state index contributed by atoms with van der Waals surface area (Å²) in [6.45, 7) is 5.28. The minimum atomic E-state index is -0.814. The number of nitrogens with one attached hydrogen (secondary N) is 1. The van der Waals surface area contributed by atoms with Gasteiger partial charge in [-0.25, -0.2) is 4.79 Å². The number of fused-ring (bicyclic) bond motifs is 1. The summed E-state index contributed by atoms with van der Waals surface area (Å²) in [5, 5.41) is 4.73. The van der Waals surface area contributed by atoms with Gasteiger partial charge in [-0.05, 0) is 37.1 Å². The van der Waals surface area contributed by atoms with E-state index in [1.807, 2.05) is 42.5 Å². The molecule has 2 aromatic rings. The van der Waals surface area contributed by atoms with E-state index in [1.54, 1.807) is 20.8 Å². The van der Waals surface area contributed by atoms with Crippen molar-refractivity contribution in [3.05, 3.63) is 48.0 Å². The molecule has 1 atom stereocenters. The van der Waals surface area contributed by atoms with Crippen LogP contribution in [0.1, 0.15) is 26.3 Å². The third kappa shape index (κ3) is 4.98. The van der Waals surface area contributed by atoms with Crippen LogP contribution in [0.5, 0.6) is 0 Å². The molecule has 3 N–H and O–H groups in total. The van der Waals surface area contributed by atoms with E-state index in [-0.39, 0.29) is 0 Å². The maximum absolute atomic E-state index is 11.8. The third-order valence-corrected chi connectivity index (χ3v) is 3.29. The standard InChI is InChI=1S/C18H22N2O3/c1-18(2,3)23-17(22)20-15(16(19)21)11-12-8-9-13-6-4-5-7-14(13)10-12/h4-10,15H,11H2,1-3H3,(H2,19,21)(H,20,22)/t15-/m0/s1. The zero-order valence-corrected chi connectivity index (χ0v) is 13.6. The SMILES string of the molecule is CC(C)(C)OC(=O)N[C@@H](Cc1ccc2ccccc2c1)C(N)=O. The molecule has 122 valence electrons. The van der Waals surface area contributed by atoms with Gasteiger partial charge in [-0.2, -0.15) is 0 Å². The van der Waals surface area contributed by atoms with Crippen molar-refractivity contribution < 1.29 is 14.3 Å². The Labute approximate surface area is 135 Å². The fourth-order valence-corrected chi connectivity index (χ4v) is 2.27. The first-order chi connectivity index (χ1) is 10.7. The van der Waals surface area contributed by atoms with Crippen LogP contribution in [-0.4, -0.2) is 23.6 Å². The zero-order chi connectivity index (χ0) is 17.0. The van der Waals surface area contributed by atoms with Crippen molar-refractivity contribution in [2.45, 2.75) is 38.8 Å².